The van der Waals surface area contributed by atoms with Crippen molar-refractivity contribution in [3.63, 3.8) is 0 Å². The van der Waals surface area contributed by atoms with Crippen LogP contribution in [-0.4, -0.2) is 17.7 Å². The Morgan fingerprint density at radius 1 is 1.41 bits per heavy atom. The zero-order valence-electron chi connectivity index (χ0n) is 12.5. The summed E-state index contributed by atoms with van der Waals surface area (Å²) in [6.45, 7) is 2.16. The molecule has 4 nitrogen and oxygen atoms in total. The Bertz CT molecular complexity index is 691. The molecule has 0 unspecified atom stereocenters. The number of carbonyl (C=O) groups excluding carboxylic acids is 1. The molecule has 116 valence electrons. The van der Waals surface area contributed by atoms with E-state index in [0.29, 0.717) is 23.1 Å². The van der Waals surface area contributed by atoms with E-state index in [-0.39, 0.29) is 11.7 Å². The van der Waals surface area contributed by atoms with Gasteiger partial charge in [0, 0.05) is 4.88 Å². The number of ether oxygens (including phenoxy) is 1. The van der Waals surface area contributed by atoms with Crippen LogP contribution in [0.3, 0.4) is 0 Å². The van der Waals surface area contributed by atoms with E-state index in [1.807, 2.05) is 12.1 Å². The summed E-state index contributed by atoms with van der Waals surface area (Å²) in [7, 11) is 0. The van der Waals surface area contributed by atoms with E-state index >= 15 is 0 Å². The molecular formula is C17H19NO3S. The Labute approximate surface area is 133 Å². The predicted molar refractivity (Wildman–Crippen MR) is 87.6 cm³/mol. The van der Waals surface area contributed by atoms with Crippen LogP contribution < -0.4 is 5.73 Å². The molecule has 0 saturated carbocycles. The second-order valence-electron chi connectivity index (χ2n) is 5.49. The largest absolute Gasteiger partial charge is 0.508 e. The highest BCUT2D eigenvalue weighted by Gasteiger charge is 2.29. The summed E-state index contributed by atoms with van der Waals surface area (Å²) >= 11 is 1.50. The van der Waals surface area contributed by atoms with E-state index in [9.17, 15) is 9.90 Å². The number of nitrogens with two attached hydrogens (primary N) is 1. The molecule has 1 heterocycles. The summed E-state index contributed by atoms with van der Waals surface area (Å²) in [5, 5.41) is 9.96. The zero-order valence-corrected chi connectivity index (χ0v) is 13.3. The molecule has 0 aliphatic heterocycles. The van der Waals surface area contributed by atoms with Gasteiger partial charge in [0.15, 0.2) is 0 Å². The minimum Gasteiger partial charge on any atom is -0.508 e. The number of esters is 1. The minimum atomic E-state index is -0.305. The standard InChI is InChI=1S/C17H19NO3S/c1-2-21-17(20)15-13-8-5-11(9-14(13)22-16(15)18)10-3-6-12(19)7-4-10/h3-4,6-7,11,19H,2,5,8-9,18H2,1H3/t11-/m1/s1. The number of benzene rings is 1. The van der Waals surface area contributed by atoms with Crippen molar-refractivity contribution in [2.45, 2.75) is 32.1 Å². The van der Waals surface area contributed by atoms with Crippen LogP contribution in [0.15, 0.2) is 24.3 Å². The predicted octanol–water partition coefficient (Wildman–Crippen LogP) is 3.49. The summed E-state index contributed by atoms with van der Waals surface area (Å²) in [6, 6.07) is 7.37. The summed E-state index contributed by atoms with van der Waals surface area (Å²) < 4.78 is 5.12. The fraction of sp³-hybridized carbons (Fsp3) is 0.353. The smallest absolute Gasteiger partial charge is 0.341 e. The molecule has 2 aromatic rings. The highest BCUT2D eigenvalue weighted by Crippen LogP contribution is 2.41. The van der Waals surface area contributed by atoms with Crippen molar-refractivity contribution in [3.8, 4) is 5.75 Å². The van der Waals surface area contributed by atoms with E-state index < -0.39 is 0 Å². The van der Waals surface area contributed by atoms with Gasteiger partial charge in [0.2, 0.25) is 0 Å². The zero-order chi connectivity index (χ0) is 15.7. The molecule has 3 rings (SSSR count). The Hall–Kier alpha value is -2.01. The maximum Gasteiger partial charge on any atom is 0.341 e. The molecule has 1 aromatic carbocycles. The lowest BCUT2D eigenvalue weighted by Gasteiger charge is -2.23. The van der Waals surface area contributed by atoms with Gasteiger partial charge in [-0.3, -0.25) is 0 Å². The van der Waals surface area contributed by atoms with Crippen molar-refractivity contribution in [3.05, 3.63) is 45.8 Å². The van der Waals surface area contributed by atoms with Crippen LogP contribution in [0.5, 0.6) is 5.75 Å². The lowest BCUT2D eigenvalue weighted by molar-refractivity contribution is 0.0526. The van der Waals surface area contributed by atoms with E-state index in [4.69, 9.17) is 10.5 Å². The molecule has 1 aromatic heterocycles. The van der Waals surface area contributed by atoms with Gasteiger partial charge >= 0.3 is 5.97 Å². The highest BCUT2D eigenvalue weighted by atomic mass is 32.1. The molecule has 1 atom stereocenters. The number of nitrogen functional groups attached to an aromatic ring is 1. The first-order valence-corrected chi connectivity index (χ1v) is 8.27. The van der Waals surface area contributed by atoms with Gasteiger partial charge in [-0.05, 0) is 55.4 Å². The molecule has 1 aliphatic rings. The molecule has 0 bridgehead atoms. The number of rotatable bonds is 3. The van der Waals surface area contributed by atoms with Crippen LogP contribution in [0.2, 0.25) is 0 Å². The highest BCUT2D eigenvalue weighted by molar-refractivity contribution is 7.16. The van der Waals surface area contributed by atoms with Gasteiger partial charge < -0.3 is 15.6 Å². The van der Waals surface area contributed by atoms with E-state index in [1.54, 1.807) is 19.1 Å². The summed E-state index contributed by atoms with van der Waals surface area (Å²) in [6.07, 6.45) is 2.69. The van der Waals surface area contributed by atoms with Crippen LogP contribution in [0.4, 0.5) is 5.00 Å². The van der Waals surface area contributed by atoms with Crippen molar-refractivity contribution >= 4 is 22.3 Å². The van der Waals surface area contributed by atoms with Gasteiger partial charge in [0.05, 0.1) is 12.2 Å². The lowest BCUT2D eigenvalue weighted by Crippen LogP contribution is -2.14. The number of phenols is 1. The Morgan fingerprint density at radius 3 is 2.82 bits per heavy atom. The van der Waals surface area contributed by atoms with Crippen LogP contribution in [0.25, 0.3) is 0 Å². The van der Waals surface area contributed by atoms with Crippen molar-refractivity contribution in [1.29, 1.82) is 0 Å². The fourth-order valence-electron chi connectivity index (χ4n) is 3.07. The molecule has 22 heavy (non-hydrogen) atoms. The molecule has 0 amide bonds. The van der Waals surface area contributed by atoms with E-state index in [0.717, 1.165) is 24.8 Å². The van der Waals surface area contributed by atoms with E-state index in [1.165, 1.54) is 21.8 Å². The molecule has 3 N–H and O–H groups in total. The molecule has 5 heteroatoms. The summed E-state index contributed by atoms with van der Waals surface area (Å²) in [5.41, 5.74) is 8.90. The molecule has 0 spiro atoms. The number of aromatic hydroxyl groups is 1. The third-order valence-electron chi connectivity index (χ3n) is 4.14. The number of phenolic OH excluding ortho intramolecular Hbond substituents is 1. The van der Waals surface area contributed by atoms with Crippen molar-refractivity contribution in [2.75, 3.05) is 12.3 Å². The van der Waals surface area contributed by atoms with Gasteiger partial charge in [0.1, 0.15) is 10.8 Å². The maximum atomic E-state index is 12.1. The first kappa shape index (κ1) is 14.9. The minimum absolute atomic E-state index is 0.283. The fourth-order valence-corrected chi connectivity index (χ4v) is 4.25. The summed E-state index contributed by atoms with van der Waals surface area (Å²) in [4.78, 5) is 13.2. The third kappa shape index (κ3) is 2.68. The lowest BCUT2D eigenvalue weighted by atomic mass is 9.83. The SMILES string of the molecule is CCOC(=O)c1c(N)sc2c1CC[C@@H](c1ccc(O)cc1)C2. The molecule has 0 fully saturated rings. The van der Waals surface area contributed by atoms with Crippen molar-refractivity contribution in [2.24, 2.45) is 0 Å². The average molecular weight is 317 g/mol. The number of fused-ring (bicyclic) bond motifs is 1. The van der Waals surface area contributed by atoms with Crippen LogP contribution in [0, 0.1) is 0 Å². The second-order valence-corrected chi connectivity index (χ2v) is 6.63. The van der Waals surface area contributed by atoms with Crippen LogP contribution >= 0.6 is 11.3 Å². The van der Waals surface area contributed by atoms with Crippen molar-refractivity contribution in [1.82, 2.24) is 0 Å². The van der Waals surface area contributed by atoms with Gasteiger partial charge in [-0.15, -0.1) is 11.3 Å². The van der Waals surface area contributed by atoms with Gasteiger partial charge in [-0.2, -0.15) is 0 Å². The Morgan fingerprint density at radius 2 is 2.14 bits per heavy atom. The van der Waals surface area contributed by atoms with Crippen molar-refractivity contribution < 1.29 is 14.6 Å². The number of thiophene rings is 1. The number of carbonyl (C=O) groups is 1. The number of anilines is 1. The average Bonchev–Trinajstić information content (AvgIpc) is 2.83. The molecule has 0 saturated heterocycles. The molecule has 0 radical (unpaired) electrons. The first-order chi connectivity index (χ1) is 10.6. The normalized spacial score (nSPS) is 17.0. The maximum absolute atomic E-state index is 12.1. The molecular weight excluding hydrogens is 298 g/mol. The number of hydrogen-bond donors (Lipinski definition) is 2. The summed E-state index contributed by atoms with van der Waals surface area (Å²) in [5.74, 6) is 0.381. The number of hydrogen-bond acceptors (Lipinski definition) is 5. The first-order valence-electron chi connectivity index (χ1n) is 7.46. The van der Waals surface area contributed by atoms with Gasteiger partial charge in [-0.25, -0.2) is 4.79 Å². The monoisotopic (exact) mass is 317 g/mol. The molecule has 1 aliphatic carbocycles. The topological polar surface area (TPSA) is 72.5 Å². The van der Waals surface area contributed by atoms with Gasteiger partial charge in [-0.1, -0.05) is 12.1 Å². The van der Waals surface area contributed by atoms with Crippen LogP contribution in [0.1, 0.15) is 45.6 Å². The van der Waals surface area contributed by atoms with E-state index in [2.05, 4.69) is 0 Å². The second kappa shape index (κ2) is 6.01. The van der Waals surface area contributed by atoms with Gasteiger partial charge in [0.25, 0.3) is 0 Å². The Balaban J connectivity index is 1.86. The third-order valence-corrected chi connectivity index (χ3v) is 5.22. The quantitative estimate of drug-likeness (QED) is 0.850. The Kier molecular flexibility index (Phi) is 4.07. The van der Waals surface area contributed by atoms with Crippen LogP contribution in [-0.2, 0) is 17.6 Å².